The molecular formula is C23H26FN3O5S. The number of nitrogens with zero attached hydrogens (tertiary/aromatic N) is 2. The Balaban J connectivity index is 1.59. The molecule has 0 radical (unpaired) electrons. The first-order valence-electron chi connectivity index (χ1n) is 10.7. The van der Waals surface area contributed by atoms with Gasteiger partial charge in [0.2, 0.25) is 15.9 Å². The smallest absolute Gasteiger partial charge is 0.408 e. The molecule has 1 aromatic heterocycles. The number of carbonyl (C=O) groups is 1. The minimum atomic E-state index is -3.74. The molecule has 1 amide bonds. The third kappa shape index (κ3) is 4.72. The number of amides is 1. The lowest BCUT2D eigenvalue weighted by atomic mass is 9.94. The summed E-state index contributed by atoms with van der Waals surface area (Å²) in [5.41, 5.74) is 1.37. The van der Waals surface area contributed by atoms with Crippen molar-refractivity contribution in [1.82, 2.24) is 8.87 Å². The first-order valence-corrected chi connectivity index (χ1v) is 12.2. The number of sulfonamides is 1. The van der Waals surface area contributed by atoms with Crippen molar-refractivity contribution in [3.8, 4) is 0 Å². The topological polar surface area (TPSA) is 102 Å². The highest BCUT2D eigenvalue weighted by Gasteiger charge is 2.32. The highest BCUT2D eigenvalue weighted by molar-refractivity contribution is 7.89. The largest absolute Gasteiger partial charge is 0.420 e. The van der Waals surface area contributed by atoms with E-state index in [1.807, 2.05) is 13.8 Å². The van der Waals surface area contributed by atoms with Gasteiger partial charge in [-0.25, -0.2) is 17.6 Å². The minimum absolute atomic E-state index is 0.0450. The molecule has 3 aromatic rings. The van der Waals surface area contributed by atoms with E-state index in [9.17, 15) is 22.4 Å². The first-order chi connectivity index (χ1) is 15.5. The van der Waals surface area contributed by atoms with Crippen LogP contribution >= 0.6 is 0 Å². The molecule has 8 nitrogen and oxygen atoms in total. The van der Waals surface area contributed by atoms with Crippen molar-refractivity contribution in [2.75, 3.05) is 18.4 Å². The lowest BCUT2D eigenvalue weighted by molar-refractivity contribution is -0.116. The van der Waals surface area contributed by atoms with Crippen LogP contribution in [0.5, 0.6) is 0 Å². The van der Waals surface area contributed by atoms with E-state index >= 15 is 0 Å². The molecule has 4 rings (SSSR count). The molecule has 176 valence electrons. The van der Waals surface area contributed by atoms with Gasteiger partial charge in [-0.15, -0.1) is 0 Å². The van der Waals surface area contributed by atoms with Gasteiger partial charge in [0.15, 0.2) is 5.58 Å². The summed E-state index contributed by atoms with van der Waals surface area (Å²) >= 11 is 0. The lowest BCUT2D eigenvalue weighted by Crippen LogP contribution is -2.42. The standard InChI is InChI=1S/C23H26FN3O5S/c1-14-8-15(2)12-26(11-14)33(30,31)18-5-7-20-21(10-18)32-23(29)27(20)13-22(28)25-19-6-4-17(24)9-16(19)3/h4-7,9-10,14-15H,8,11-13H2,1-3H3,(H,25,28)/t14-,15-/m1/s1. The van der Waals surface area contributed by atoms with E-state index in [0.717, 1.165) is 11.0 Å². The summed E-state index contributed by atoms with van der Waals surface area (Å²) < 4.78 is 47.4. The third-order valence-corrected chi connectivity index (χ3v) is 7.70. The molecule has 0 aliphatic carbocycles. The Morgan fingerprint density at radius 3 is 2.52 bits per heavy atom. The number of hydrogen-bond acceptors (Lipinski definition) is 5. The van der Waals surface area contributed by atoms with Crippen molar-refractivity contribution in [3.63, 3.8) is 0 Å². The van der Waals surface area contributed by atoms with E-state index in [-0.39, 0.29) is 28.9 Å². The Morgan fingerprint density at radius 2 is 1.85 bits per heavy atom. The predicted octanol–water partition coefficient (Wildman–Crippen LogP) is 3.35. The van der Waals surface area contributed by atoms with Crippen molar-refractivity contribution in [2.24, 2.45) is 11.8 Å². The van der Waals surface area contributed by atoms with Crippen LogP contribution in [0.3, 0.4) is 0 Å². The number of nitrogens with one attached hydrogen (secondary N) is 1. The van der Waals surface area contributed by atoms with Crippen LogP contribution in [0.15, 0.2) is 50.5 Å². The fraction of sp³-hybridized carbons (Fsp3) is 0.391. The van der Waals surface area contributed by atoms with E-state index in [0.29, 0.717) is 29.9 Å². The predicted molar refractivity (Wildman–Crippen MR) is 122 cm³/mol. The highest BCUT2D eigenvalue weighted by atomic mass is 32.2. The van der Waals surface area contributed by atoms with E-state index in [4.69, 9.17) is 4.42 Å². The Morgan fingerprint density at radius 1 is 1.15 bits per heavy atom. The van der Waals surface area contributed by atoms with Crippen LogP contribution < -0.4 is 11.1 Å². The zero-order valence-electron chi connectivity index (χ0n) is 18.7. The molecule has 1 aliphatic rings. The Bertz CT molecular complexity index is 1370. The van der Waals surface area contributed by atoms with E-state index in [1.54, 1.807) is 6.92 Å². The summed E-state index contributed by atoms with van der Waals surface area (Å²) in [5.74, 6) is -1.17. The van der Waals surface area contributed by atoms with Crippen LogP contribution in [0, 0.1) is 24.6 Å². The molecule has 33 heavy (non-hydrogen) atoms. The van der Waals surface area contributed by atoms with Crippen LogP contribution in [-0.4, -0.2) is 36.3 Å². The summed E-state index contributed by atoms with van der Waals surface area (Å²) in [6.07, 6.45) is 0.974. The maximum absolute atomic E-state index is 13.3. The molecule has 1 N–H and O–H groups in total. The molecule has 1 fully saturated rings. The van der Waals surface area contributed by atoms with Crippen LogP contribution in [0.25, 0.3) is 11.1 Å². The van der Waals surface area contributed by atoms with Gasteiger partial charge in [0.1, 0.15) is 12.4 Å². The summed E-state index contributed by atoms with van der Waals surface area (Å²) in [4.78, 5) is 24.9. The van der Waals surface area contributed by atoms with Gasteiger partial charge in [-0.05, 0) is 61.1 Å². The van der Waals surface area contributed by atoms with Crippen LogP contribution in [0.1, 0.15) is 25.8 Å². The molecular weight excluding hydrogens is 449 g/mol. The maximum atomic E-state index is 13.3. The molecule has 1 aliphatic heterocycles. The SMILES string of the molecule is Cc1cc(F)ccc1NC(=O)Cn1c(=O)oc2cc(S(=O)(=O)N3C[C@H](C)C[C@@H](C)C3)ccc21. The van der Waals surface area contributed by atoms with Crippen molar-refractivity contribution in [1.29, 1.82) is 0 Å². The first kappa shape index (κ1) is 23.2. The highest BCUT2D eigenvalue weighted by Crippen LogP contribution is 2.28. The normalized spacial score (nSPS) is 19.6. The van der Waals surface area contributed by atoms with Crippen molar-refractivity contribution in [3.05, 3.63) is 58.3 Å². The second kappa shape index (κ2) is 8.75. The van der Waals surface area contributed by atoms with Crippen molar-refractivity contribution >= 4 is 32.7 Å². The Kier molecular flexibility index (Phi) is 6.15. The third-order valence-electron chi connectivity index (χ3n) is 5.88. The van der Waals surface area contributed by atoms with Gasteiger partial charge in [-0.2, -0.15) is 4.31 Å². The van der Waals surface area contributed by atoms with Gasteiger partial charge in [-0.3, -0.25) is 9.36 Å². The number of hydrogen-bond donors (Lipinski definition) is 1. The molecule has 2 aromatic carbocycles. The van der Waals surface area contributed by atoms with Gasteiger partial charge < -0.3 is 9.73 Å². The van der Waals surface area contributed by atoms with Crippen LogP contribution in [-0.2, 0) is 21.4 Å². The summed E-state index contributed by atoms with van der Waals surface area (Å²) in [5, 5.41) is 2.64. The van der Waals surface area contributed by atoms with Gasteiger partial charge in [0.25, 0.3) is 0 Å². The fourth-order valence-corrected chi connectivity index (χ4v) is 6.10. The molecule has 2 atom stereocenters. The molecule has 1 saturated heterocycles. The number of aromatic nitrogens is 1. The number of rotatable bonds is 5. The van der Waals surface area contributed by atoms with Crippen molar-refractivity contribution < 1.29 is 22.0 Å². The number of fused-ring (bicyclic) bond motifs is 1. The maximum Gasteiger partial charge on any atom is 0.420 e. The average molecular weight is 476 g/mol. The zero-order chi connectivity index (χ0) is 23.9. The molecule has 0 unspecified atom stereocenters. The van der Waals surface area contributed by atoms with E-state index in [2.05, 4.69) is 5.32 Å². The number of anilines is 1. The lowest BCUT2D eigenvalue weighted by Gasteiger charge is -2.34. The monoisotopic (exact) mass is 475 g/mol. The van der Waals surface area contributed by atoms with Crippen molar-refractivity contribution in [2.45, 2.75) is 38.6 Å². The number of oxazole rings is 1. The Labute approximate surface area is 191 Å². The zero-order valence-corrected chi connectivity index (χ0v) is 19.5. The van der Waals surface area contributed by atoms with Gasteiger partial charge in [-0.1, -0.05) is 13.8 Å². The van der Waals surface area contributed by atoms with Gasteiger partial charge in [0, 0.05) is 24.8 Å². The van der Waals surface area contributed by atoms with Gasteiger partial charge >= 0.3 is 5.76 Å². The molecule has 0 bridgehead atoms. The van der Waals surface area contributed by atoms with Crippen LogP contribution in [0.2, 0.25) is 0 Å². The quantitative estimate of drug-likeness (QED) is 0.610. The number of benzene rings is 2. The summed E-state index contributed by atoms with van der Waals surface area (Å²) in [6.45, 7) is 6.26. The number of aryl methyl sites for hydroxylation is 1. The number of piperidine rings is 1. The second-order valence-electron chi connectivity index (χ2n) is 8.86. The molecule has 0 saturated carbocycles. The number of halogens is 1. The average Bonchev–Trinajstić information content (AvgIpc) is 3.03. The Hall–Kier alpha value is -2.98. The van der Waals surface area contributed by atoms with Crippen LogP contribution in [0.4, 0.5) is 10.1 Å². The molecule has 2 heterocycles. The molecule has 10 heteroatoms. The van der Waals surface area contributed by atoms with E-state index < -0.39 is 27.5 Å². The molecule has 0 spiro atoms. The summed E-state index contributed by atoms with van der Waals surface area (Å²) in [7, 11) is -3.74. The second-order valence-corrected chi connectivity index (χ2v) is 10.8. The fourth-order valence-electron chi connectivity index (χ4n) is 4.41. The minimum Gasteiger partial charge on any atom is -0.408 e. The number of carbonyl (C=O) groups excluding carboxylic acids is 1. The van der Waals surface area contributed by atoms with E-state index in [1.165, 1.54) is 40.7 Å². The summed E-state index contributed by atoms with van der Waals surface area (Å²) in [6, 6.07) is 8.19. The van der Waals surface area contributed by atoms with Gasteiger partial charge in [0.05, 0.1) is 10.4 Å².